The molecule has 4 heteroatoms. The molecular weight excluding hydrogens is 135 g/mol. The second-order valence-corrected chi connectivity index (χ2v) is 2.02. The Bertz CT molecular complexity index is 189. The van der Waals surface area contributed by atoms with Gasteiger partial charge in [0.2, 0.25) is 0 Å². The van der Waals surface area contributed by atoms with Gasteiger partial charge < -0.3 is 9.65 Å². The molecule has 9 heavy (non-hydrogen) atoms. The van der Waals surface area contributed by atoms with Crippen LogP contribution in [0.25, 0.3) is 0 Å². The van der Waals surface area contributed by atoms with Gasteiger partial charge in [-0.1, -0.05) is 0 Å². The van der Waals surface area contributed by atoms with Crippen LogP contribution in [0.3, 0.4) is 0 Å². The first-order chi connectivity index (χ1) is 4.43. The Morgan fingerprint density at radius 2 is 2.11 bits per heavy atom. The molecule has 3 nitrogen and oxygen atoms in total. The van der Waals surface area contributed by atoms with Crippen LogP contribution in [0.5, 0.6) is 0 Å². The third-order valence-electron chi connectivity index (χ3n) is 0.906. The molecular formula is C5H7N2OP. The molecule has 0 aliphatic heterocycles. The highest BCUT2D eigenvalue weighted by atomic mass is 31.1. The molecule has 1 atom stereocenters. The second kappa shape index (κ2) is 3.25. The molecule has 0 spiro atoms. The van der Waals surface area contributed by atoms with Gasteiger partial charge in [0.25, 0.3) is 0 Å². The molecule has 48 valence electrons. The van der Waals surface area contributed by atoms with E-state index in [9.17, 15) is 4.57 Å². The molecule has 1 aromatic rings. The fraction of sp³-hybridized carbons (Fsp3) is 0. The molecule has 1 aromatic heterocycles. The molecule has 0 saturated heterocycles. The van der Waals surface area contributed by atoms with E-state index in [1.165, 1.54) is 0 Å². The lowest BCUT2D eigenvalue weighted by atomic mass is 10.4. The third-order valence-corrected chi connectivity index (χ3v) is 1.36. The number of nitrogens with zero attached hydrogens (tertiary/aromatic N) is 1. The summed E-state index contributed by atoms with van der Waals surface area (Å²) in [5, 5.41) is 2.70. The zero-order chi connectivity index (χ0) is 6.53. The molecule has 0 aliphatic carbocycles. The van der Waals surface area contributed by atoms with E-state index in [0.29, 0.717) is 0 Å². The summed E-state index contributed by atoms with van der Waals surface area (Å²) in [6, 6.07) is 3.54. The summed E-state index contributed by atoms with van der Waals surface area (Å²) in [6.45, 7) is 0. The largest absolute Gasteiger partial charge is 0.340 e. The molecule has 0 amide bonds. The first-order valence-corrected chi connectivity index (χ1v) is 3.58. The van der Waals surface area contributed by atoms with Gasteiger partial charge in [0.05, 0.1) is 0 Å². The van der Waals surface area contributed by atoms with E-state index in [-0.39, 0.29) is 0 Å². The summed E-state index contributed by atoms with van der Waals surface area (Å²) in [5.74, 6) is 0. The van der Waals surface area contributed by atoms with E-state index in [1.807, 2.05) is 0 Å². The van der Waals surface area contributed by atoms with Crippen LogP contribution in [0.2, 0.25) is 0 Å². The Kier molecular flexibility index (Phi) is 2.28. The number of anilines is 1. The van der Waals surface area contributed by atoms with Crippen molar-refractivity contribution < 1.29 is 4.57 Å². The summed E-state index contributed by atoms with van der Waals surface area (Å²) >= 11 is 0. The van der Waals surface area contributed by atoms with Gasteiger partial charge in [-0.15, -0.1) is 0 Å². The second-order valence-electron chi connectivity index (χ2n) is 1.50. The highest BCUT2D eigenvalue weighted by molar-refractivity contribution is 7.25. The Morgan fingerprint density at radius 1 is 1.44 bits per heavy atom. The highest BCUT2D eigenvalue weighted by Gasteiger charge is 1.81. The van der Waals surface area contributed by atoms with Gasteiger partial charge in [-0.05, 0) is 12.1 Å². The Balaban J connectivity index is 2.72. The minimum absolute atomic E-state index is 0.856. The topological polar surface area (TPSA) is 42.0 Å². The lowest BCUT2D eigenvalue weighted by molar-refractivity contribution is 0.601. The Hall–Kier alpha value is -0.820. The predicted octanol–water partition coefficient (Wildman–Crippen LogP) is 1.16. The van der Waals surface area contributed by atoms with Crippen molar-refractivity contribution in [1.82, 2.24) is 4.98 Å². The van der Waals surface area contributed by atoms with Crippen LogP contribution < -0.4 is 5.09 Å². The van der Waals surface area contributed by atoms with E-state index in [2.05, 4.69) is 10.1 Å². The maximum Gasteiger partial charge on any atom is 0.146 e. The first kappa shape index (κ1) is 6.30. The van der Waals surface area contributed by atoms with Crippen molar-refractivity contribution in [2.24, 2.45) is 0 Å². The van der Waals surface area contributed by atoms with Gasteiger partial charge in [-0.25, -0.2) is 0 Å². The van der Waals surface area contributed by atoms with Crippen LogP contribution in [0.15, 0.2) is 24.5 Å². The summed E-state index contributed by atoms with van der Waals surface area (Å²) in [4.78, 5) is 3.79. The molecule has 0 radical (unpaired) electrons. The SMILES string of the molecule is O=[PH2]Nc1ccncc1. The van der Waals surface area contributed by atoms with Crippen molar-refractivity contribution in [3.8, 4) is 0 Å². The van der Waals surface area contributed by atoms with Gasteiger partial charge in [-0.2, -0.15) is 0 Å². The first-order valence-electron chi connectivity index (χ1n) is 2.53. The van der Waals surface area contributed by atoms with Crippen molar-refractivity contribution in [1.29, 1.82) is 0 Å². The molecule has 1 heterocycles. The highest BCUT2D eigenvalue weighted by Crippen LogP contribution is 2.06. The average molecular weight is 142 g/mol. The van der Waals surface area contributed by atoms with E-state index in [4.69, 9.17) is 0 Å². The predicted molar refractivity (Wildman–Crippen MR) is 38.3 cm³/mol. The molecule has 0 aliphatic rings. The molecule has 0 fully saturated rings. The van der Waals surface area contributed by atoms with Crippen LogP contribution in [0.1, 0.15) is 0 Å². The summed E-state index contributed by atoms with van der Waals surface area (Å²) < 4.78 is 10.1. The normalized spacial score (nSPS) is 10.2. The monoisotopic (exact) mass is 142 g/mol. The minimum Gasteiger partial charge on any atom is -0.340 e. The lowest BCUT2D eigenvalue weighted by Crippen LogP contribution is -1.78. The Labute approximate surface area is 54.4 Å². The van der Waals surface area contributed by atoms with E-state index in [0.717, 1.165) is 5.69 Å². The molecule has 1 unspecified atom stereocenters. The number of nitrogens with one attached hydrogen (secondary N) is 1. The van der Waals surface area contributed by atoms with Crippen LogP contribution >= 0.6 is 8.61 Å². The van der Waals surface area contributed by atoms with Crippen molar-refractivity contribution in [3.63, 3.8) is 0 Å². The van der Waals surface area contributed by atoms with E-state index < -0.39 is 8.61 Å². The molecule has 1 rings (SSSR count). The molecule has 0 bridgehead atoms. The zero-order valence-corrected chi connectivity index (χ0v) is 5.90. The fourth-order valence-electron chi connectivity index (χ4n) is 0.516. The van der Waals surface area contributed by atoms with Crippen molar-refractivity contribution in [3.05, 3.63) is 24.5 Å². The van der Waals surface area contributed by atoms with Gasteiger partial charge in [-0.3, -0.25) is 4.98 Å². The fourth-order valence-corrected chi connectivity index (χ4v) is 0.845. The van der Waals surface area contributed by atoms with Gasteiger partial charge in [0.15, 0.2) is 0 Å². The van der Waals surface area contributed by atoms with Crippen molar-refractivity contribution in [2.45, 2.75) is 0 Å². The summed E-state index contributed by atoms with van der Waals surface area (Å²) in [7, 11) is -0.902. The number of aromatic nitrogens is 1. The zero-order valence-electron chi connectivity index (χ0n) is 4.74. The van der Waals surface area contributed by atoms with Crippen molar-refractivity contribution >= 4 is 14.3 Å². The van der Waals surface area contributed by atoms with E-state index in [1.54, 1.807) is 24.5 Å². The van der Waals surface area contributed by atoms with Crippen LogP contribution in [-0.2, 0) is 4.57 Å². The number of hydrogen-bond acceptors (Lipinski definition) is 2. The van der Waals surface area contributed by atoms with Crippen LogP contribution in [0, 0.1) is 0 Å². The standard InChI is InChI=1S/C5H7N2OP/c8-9-7-5-1-3-6-4-2-5/h1-4H,9H2,(H,6,7,8). The van der Waals surface area contributed by atoms with Gasteiger partial charge in [0.1, 0.15) is 8.61 Å². The Morgan fingerprint density at radius 3 is 2.67 bits per heavy atom. The number of hydrogen-bond donors (Lipinski definition) is 1. The quantitative estimate of drug-likeness (QED) is 0.630. The van der Waals surface area contributed by atoms with Crippen molar-refractivity contribution in [2.75, 3.05) is 5.09 Å². The lowest BCUT2D eigenvalue weighted by Gasteiger charge is -1.93. The summed E-state index contributed by atoms with van der Waals surface area (Å²) in [6.07, 6.45) is 3.30. The van der Waals surface area contributed by atoms with Gasteiger partial charge in [0, 0.05) is 18.1 Å². The van der Waals surface area contributed by atoms with E-state index >= 15 is 0 Å². The average Bonchev–Trinajstić information content (AvgIpc) is 1.91. The van der Waals surface area contributed by atoms with Gasteiger partial charge >= 0.3 is 0 Å². The third kappa shape index (κ3) is 1.86. The molecule has 0 saturated carbocycles. The molecule has 0 aromatic carbocycles. The molecule has 1 N–H and O–H groups in total. The maximum absolute atomic E-state index is 10.1. The smallest absolute Gasteiger partial charge is 0.146 e. The summed E-state index contributed by atoms with van der Waals surface area (Å²) in [5.41, 5.74) is 0.856. The maximum atomic E-state index is 10.1. The van der Waals surface area contributed by atoms with Crippen LogP contribution in [0.4, 0.5) is 5.69 Å². The minimum atomic E-state index is -0.902. The number of rotatable bonds is 2. The van der Waals surface area contributed by atoms with Crippen LogP contribution in [-0.4, -0.2) is 4.98 Å². The number of pyridine rings is 1.